The third kappa shape index (κ3) is 4.35. The maximum absolute atomic E-state index is 13.1. The molecule has 0 saturated carbocycles. The number of nitrogens with zero attached hydrogens (tertiary/aromatic N) is 1. The number of carbonyl (C=O) groups is 2. The number of benzene rings is 2. The number of ether oxygens (including phenoxy) is 2. The second kappa shape index (κ2) is 9.65. The lowest BCUT2D eigenvalue weighted by molar-refractivity contribution is -0.129. The van der Waals surface area contributed by atoms with Gasteiger partial charge in [-0.1, -0.05) is 43.3 Å². The van der Waals surface area contributed by atoms with E-state index < -0.39 is 23.5 Å². The van der Waals surface area contributed by atoms with Crippen molar-refractivity contribution in [3.05, 3.63) is 95.1 Å². The summed E-state index contributed by atoms with van der Waals surface area (Å²) < 4.78 is 16.7. The van der Waals surface area contributed by atoms with Crippen molar-refractivity contribution in [1.29, 1.82) is 0 Å². The Hall–Kier alpha value is -4.00. The Morgan fingerprint density at radius 3 is 2.55 bits per heavy atom. The molecular formula is C26H25NO6. The summed E-state index contributed by atoms with van der Waals surface area (Å²) >= 11 is 0. The van der Waals surface area contributed by atoms with Crippen molar-refractivity contribution in [1.82, 2.24) is 4.90 Å². The van der Waals surface area contributed by atoms with Gasteiger partial charge in [-0.05, 0) is 41.8 Å². The molecule has 0 radical (unpaired) electrons. The van der Waals surface area contributed by atoms with Crippen LogP contribution in [0.2, 0.25) is 0 Å². The highest BCUT2D eigenvalue weighted by atomic mass is 16.5. The van der Waals surface area contributed by atoms with Crippen molar-refractivity contribution in [2.75, 3.05) is 13.7 Å². The molecule has 1 aliphatic rings. The minimum Gasteiger partial charge on any atom is -0.503 e. The minimum absolute atomic E-state index is 0.0107. The maximum atomic E-state index is 13.1. The number of hydrogen-bond acceptors (Lipinski definition) is 6. The van der Waals surface area contributed by atoms with Gasteiger partial charge in [-0.3, -0.25) is 9.59 Å². The van der Waals surface area contributed by atoms with Crippen LogP contribution in [0, 0.1) is 0 Å². The number of ketones is 1. The van der Waals surface area contributed by atoms with Crippen LogP contribution in [0.1, 0.15) is 41.1 Å². The van der Waals surface area contributed by atoms with E-state index in [0.717, 1.165) is 5.56 Å². The van der Waals surface area contributed by atoms with E-state index in [1.807, 2.05) is 37.3 Å². The van der Waals surface area contributed by atoms with Crippen molar-refractivity contribution >= 4 is 11.7 Å². The molecule has 4 rings (SSSR count). The van der Waals surface area contributed by atoms with Gasteiger partial charge in [-0.2, -0.15) is 0 Å². The molecule has 1 N–H and O–H groups in total. The van der Waals surface area contributed by atoms with E-state index in [1.54, 1.807) is 24.3 Å². The van der Waals surface area contributed by atoms with E-state index >= 15 is 0 Å². The standard InChI is InChI=1S/C26H25NO6/c1-3-13-27-23(22(25(29)26(27)30)24(28)20-10-7-14-32-20)18-11-12-19(21(15-18)31-2)33-16-17-8-5-4-6-9-17/h4-12,14-15,23,29H,3,13,16H2,1-2H3. The van der Waals surface area contributed by atoms with Crippen LogP contribution < -0.4 is 9.47 Å². The van der Waals surface area contributed by atoms with Crippen molar-refractivity contribution in [2.45, 2.75) is 26.0 Å². The molecule has 1 atom stereocenters. The van der Waals surface area contributed by atoms with E-state index in [-0.39, 0.29) is 11.3 Å². The SMILES string of the molecule is CCCN1C(=O)C(O)=C(C(=O)c2ccco2)C1c1ccc(OCc2ccccc2)c(OC)c1. The molecule has 2 aromatic carbocycles. The topological polar surface area (TPSA) is 89.2 Å². The van der Waals surface area contributed by atoms with Gasteiger partial charge in [-0.15, -0.1) is 0 Å². The summed E-state index contributed by atoms with van der Waals surface area (Å²) in [5.41, 5.74) is 1.63. The first kappa shape index (κ1) is 22.2. The molecule has 0 saturated heterocycles. The molecule has 33 heavy (non-hydrogen) atoms. The molecule has 0 aliphatic carbocycles. The molecule has 1 aliphatic heterocycles. The molecule has 0 fully saturated rings. The highest BCUT2D eigenvalue weighted by molar-refractivity contribution is 6.15. The lowest BCUT2D eigenvalue weighted by Crippen LogP contribution is -2.31. The first-order chi connectivity index (χ1) is 16.0. The van der Waals surface area contributed by atoms with E-state index in [2.05, 4.69) is 0 Å². The van der Waals surface area contributed by atoms with Gasteiger partial charge >= 0.3 is 0 Å². The zero-order chi connectivity index (χ0) is 23.4. The highest BCUT2D eigenvalue weighted by Crippen LogP contribution is 2.41. The fourth-order valence-electron chi connectivity index (χ4n) is 3.95. The molecule has 0 bridgehead atoms. The molecular weight excluding hydrogens is 422 g/mol. The van der Waals surface area contributed by atoms with Gasteiger partial charge in [0.25, 0.3) is 5.91 Å². The third-order valence-electron chi connectivity index (χ3n) is 5.50. The van der Waals surface area contributed by atoms with E-state index in [4.69, 9.17) is 13.9 Å². The zero-order valence-electron chi connectivity index (χ0n) is 18.5. The summed E-state index contributed by atoms with van der Waals surface area (Å²) in [5.74, 6) is -0.620. The summed E-state index contributed by atoms with van der Waals surface area (Å²) in [7, 11) is 1.53. The second-order valence-electron chi connectivity index (χ2n) is 7.65. The number of aliphatic hydroxyl groups is 1. The Labute approximate surface area is 191 Å². The lowest BCUT2D eigenvalue weighted by Gasteiger charge is -2.26. The highest BCUT2D eigenvalue weighted by Gasteiger charge is 2.44. The van der Waals surface area contributed by atoms with Crippen LogP contribution in [0.3, 0.4) is 0 Å². The largest absolute Gasteiger partial charge is 0.503 e. The number of amides is 1. The van der Waals surface area contributed by atoms with E-state index in [1.165, 1.54) is 24.3 Å². The molecule has 2 heterocycles. The Bertz CT molecular complexity index is 1170. The number of furan rings is 1. The second-order valence-corrected chi connectivity index (χ2v) is 7.65. The predicted octanol–water partition coefficient (Wildman–Crippen LogP) is 4.86. The number of hydrogen-bond donors (Lipinski definition) is 1. The van der Waals surface area contributed by atoms with Crippen molar-refractivity contribution in [2.24, 2.45) is 0 Å². The molecule has 7 nitrogen and oxygen atoms in total. The molecule has 1 unspecified atom stereocenters. The number of rotatable bonds is 9. The van der Waals surface area contributed by atoms with Crippen molar-refractivity contribution in [3.63, 3.8) is 0 Å². The Balaban J connectivity index is 1.69. The molecule has 3 aromatic rings. The fraction of sp³-hybridized carbons (Fsp3) is 0.231. The van der Waals surface area contributed by atoms with Crippen LogP contribution in [0.15, 0.2) is 82.7 Å². The number of carbonyl (C=O) groups excluding carboxylic acids is 2. The lowest BCUT2D eigenvalue weighted by atomic mass is 9.94. The molecule has 0 spiro atoms. The summed E-state index contributed by atoms with van der Waals surface area (Å²) in [6, 6.07) is 17.3. The first-order valence-electron chi connectivity index (χ1n) is 10.7. The van der Waals surface area contributed by atoms with Crippen LogP contribution >= 0.6 is 0 Å². The van der Waals surface area contributed by atoms with Gasteiger partial charge in [0.05, 0.1) is 25.0 Å². The third-order valence-corrected chi connectivity index (χ3v) is 5.50. The van der Waals surface area contributed by atoms with Gasteiger partial charge in [0, 0.05) is 6.54 Å². The van der Waals surface area contributed by atoms with E-state index in [0.29, 0.717) is 36.6 Å². The van der Waals surface area contributed by atoms with Crippen LogP contribution in [0.25, 0.3) is 0 Å². The summed E-state index contributed by atoms with van der Waals surface area (Å²) in [6.45, 7) is 2.66. The van der Waals surface area contributed by atoms with Crippen LogP contribution in [-0.4, -0.2) is 35.4 Å². The number of aliphatic hydroxyl groups excluding tert-OH is 1. The van der Waals surface area contributed by atoms with Crippen LogP contribution in [0.5, 0.6) is 11.5 Å². The summed E-state index contributed by atoms with van der Waals surface area (Å²) in [4.78, 5) is 27.4. The molecule has 7 heteroatoms. The van der Waals surface area contributed by atoms with Gasteiger partial charge in [0.15, 0.2) is 23.0 Å². The Kier molecular flexibility index (Phi) is 6.49. The summed E-state index contributed by atoms with van der Waals surface area (Å²) in [6.07, 6.45) is 2.04. The van der Waals surface area contributed by atoms with Gasteiger partial charge in [-0.25, -0.2) is 0 Å². The van der Waals surface area contributed by atoms with Gasteiger partial charge < -0.3 is 23.9 Å². The van der Waals surface area contributed by atoms with Gasteiger partial charge in [0.1, 0.15) is 6.61 Å². The van der Waals surface area contributed by atoms with Crippen LogP contribution in [-0.2, 0) is 11.4 Å². The van der Waals surface area contributed by atoms with Crippen LogP contribution in [0.4, 0.5) is 0 Å². The van der Waals surface area contributed by atoms with E-state index in [9.17, 15) is 14.7 Å². The minimum atomic E-state index is -0.771. The monoisotopic (exact) mass is 447 g/mol. The average Bonchev–Trinajstić information content (AvgIpc) is 3.47. The zero-order valence-corrected chi connectivity index (χ0v) is 18.5. The molecule has 1 amide bonds. The fourth-order valence-corrected chi connectivity index (χ4v) is 3.95. The average molecular weight is 447 g/mol. The Morgan fingerprint density at radius 2 is 1.88 bits per heavy atom. The first-order valence-corrected chi connectivity index (χ1v) is 10.7. The smallest absolute Gasteiger partial charge is 0.290 e. The maximum Gasteiger partial charge on any atom is 0.290 e. The normalized spacial score (nSPS) is 15.8. The molecule has 170 valence electrons. The van der Waals surface area contributed by atoms with Gasteiger partial charge in [0.2, 0.25) is 5.78 Å². The summed E-state index contributed by atoms with van der Waals surface area (Å²) in [5, 5.41) is 10.6. The quantitative estimate of drug-likeness (QED) is 0.472. The Morgan fingerprint density at radius 1 is 1.09 bits per heavy atom. The van der Waals surface area contributed by atoms with Crippen molar-refractivity contribution in [3.8, 4) is 11.5 Å². The predicted molar refractivity (Wildman–Crippen MR) is 121 cm³/mol. The molecule has 1 aromatic heterocycles. The number of methoxy groups -OCH3 is 1. The number of Topliss-reactive ketones (excluding diaryl/α,β-unsaturated/α-hetero) is 1. The van der Waals surface area contributed by atoms with Crippen molar-refractivity contribution < 1.29 is 28.6 Å².